The quantitative estimate of drug-likeness (QED) is 0.578. The minimum atomic E-state index is -0.449. The molecule has 3 rings (SSSR count). The number of aromatic nitrogens is 3. The number of nitrogens with zero attached hydrogens (tertiary/aromatic N) is 3. The van der Waals surface area contributed by atoms with Crippen LogP contribution in [-0.2, 0) is 16.6 Å². The molecule has 2 amide bonds. The summed E-state index contributed by atoms with van der Waals surface area (Å²) in [7, 11) is 1.81. The Morgan fingerprint density at radius 3 is 2.55 bits per heavy atom. The number of nitrogens with one attached hydrogen (secondary N) is 2. The van der Waals surface area contributed by atoms with Crippen LogP contribution in [0, 0.1) is 13.8 Å². The van der Waals surface area contributed by atoms with Crippen LogP contribution < -0.4 is 10.6 Å². The number of rotatable bonds is 7. The molecule has 2 aromatic heterocycles. The Hall–Kier alpha value is -3.07. The van der Waals surface area contributed by atoms with E-state index in [0.29, 0.717) is 16.7 Å². The van der Waals surface area contributed by atoms with E-state index in [4.69, 9.17) is 4.42 Å². The summed E-state index contributed by atoms with van der Waals surface area (Å²) in [6.07, 6.45) is 1.57. The molecule has 1 aromatic carbocycles. The predicted molar refractivity (Wildman–Crippen MR) is 112 cm³/mol. The summed E-state index contributed by atoms with van der Waals surface area (Å²) < 4.78 is 7.11. The molecule has 29 heavy (non-hydrogen) atoms. The largest absolute Gasteiger partial charge is 0.461 e. The van der Waals surface area contributed by atoms with Gasteiger partial charge in [-0.25, -0.2) is 0 Å². The molecule has 0 bridgehead atoms. The lowest BCUT2D eigenvalue weighted by Crippen LogP contribution is -2.37. The standard InChI is InChI=1S/C20H23N5O3S/c1-12-7-5-8-13(2)17(12)22-16(26)11-21-19(27)14(3)29-20-24-23-18(25(20)4)15-9-6-10-28-15/h5-10,14H,11H2,1-4H3,(H,21,27)(H,22,26)/t14-/m0/s1. The molecule has 0 saturated carbocycles. The van der Waals surface area contributed by atoms with Crippen molar-refractivity contribution in [1.29, 1.82) is 0 Å². The summed E-state index contributed by atoms with van der Waals surface area (Å²) in [5, 5.41) is 13.9. The smallest absolute Gasteiger partial charge is 0.243 e. The summed E-state index contributed by atoms with van der Waals surface area (Å²) in [5.41, 5.74) is 2.73. The number of hydrogen-bond acceptors (Lipinski definition) is 6. The zero-order chi connectivity index (χ0) is 21.0. The van der Waals surface area contributed by atoms with Crippen molar-refractivity contribution in [3.8, 4) is 11.6 Å². The summed E-state index contributed by atoms with van der Waals surface area (Å²) in [6, 6.07) is 9.36. The molecule has 0 saturated heterocycles. The Labute approximate surface area is 173 Å². The lowest BCUT2D eigenvalue weighted by atomic mass is 10.1. The first-order valence-electron chi connectivity index (χ1n) is 9.10. The summed E-state index contributed by atoms with van der Waals surface area (Å²) in [5.74, 6) is 0.658. The summed E-state index contributed by atoms with van der Waals surface area (Å²) in [4.78, 5) is 24.6. The monoisotopic (exact) mass is 413 g/mol. The second-order valence-corrected chi connectivity index (χ2v) is 7.94. The average molecular weight is 414 g/mol. The number of hydrogen-bond donors (Lipinski definition) is 2. The molecule has 1 atom stereocenters. The molecule has 152 valence electrons. The van der Waals surface area contributed by atoms with Crippen molar-refractivity contribution in [2.24, 2.45) is 7.05 Å². The molecule has 0 radical (unpaired) electrons. The normalized spacial score (nSPS) is 11.9. The molecule has 0 aliphatic carbocycles. The number of thioether (sulfide) groups is 1. The maximum atomic E-state index is 12.4. The van der Waals surface area contributed by atoms with E-state index in [2.05, 4.69) is 20.8 Å². The third kappa shape index (κ3) is 4.86. The van der Waals surface area contributed by atoms with Crippen LogP contribution in [0.25, 0.3) is 11.6 Å². The van der Waals surface area contributed by atoms with Crippen LogP contribution >= 0.6 is 11.8 Å². The minimum Gasteiger partial charge on any atom is -0.461 e. The van der Waals surface area contributed by atoms with Gasteiger partial charge >= 0.3 is 0 Å². The van der Waals surface area contributed by atoms with E-state index in [1.54, 1.807) is 29.9 Å². The lowest BCUT2D eigenvalue weighted by Gasteiger charge is -2.13. The Balaban J connectivity index is 1.54. The molecule has 0 aliphatic heterocycles. The molecule has 2 N–H and O–H groups in total. The van der Waals surface area contributed by atoms with Crippen LogP contribution in [0.3, 0.4) is 0 Å². The fraction of sp³-hybridized carbons (Fsp3) is 0.300. The van der Waals surface area contributed by atoms with E-state index in [9.17, 15) is 9.59 Å². The fourth-order valence-corrected chi connectivity index (χ4v) is 3.60. The first-order valence-corrected chi connectivity index (χ1v) is 9.98. The van der Waals surface area contributed by atoms with Gasteiger partial charge in [0.05, 0.1) is 18.1 Å². The Bertz CT molecular complexity index is 993. The highest BCUT2D eigenvalue weighted by Crippen LogP contribution is 2.25. The zero-order valence-electron chi connectivity index (χ0n) is 16.7. The third-order valence-corrected chi connectivity index (χ3v) is 5.53. The number of anilines is 1. The van der Waals surface area contributed by atoms with Crippen molar-refractivity contribution in [2.45, 2.75) is 31.2 Å². The molecule has 3 aromatic rings. The first-order chi connectivity index (χ1) is 13.9. The van der Waals surface area contributed by atoms with Gasteiger partial charge in [-0.1, -0.05) is 30.0 Å². The zero-order valence-corrected chi connectivity index (χ0v) is 17.5. The van der Waals surface area contributed by atoms with Gasteiger partial charge in [0.2, 0.25) is 11.8 Å². The maximum absolute atomic E-state index is 12.4. The van der Waals surface area contributed by atoms with E-state index < -0.39 is 5.25 Å². The van der Waals surface area contributed by atoms with Crippen LogP contribution in [0.15, 0.2) is 46.2 Å². The molecular formula is C20H23N5O3S. The van der Waals surface area contributed by atoms with E-state index >= 15 is 0 Å². The van der Waals surface area contributed by atoms with Gasteiger partial charge in [0.25, 0.3) is 0 Å². The minimum absolute atomic E-state index is 0.103. The van der Waals surface area contributed by atoms with E-state index in [-0.39, 0.29) is 18.4 Å². The van der Waals surface area contributed by atoms with Gasteiger partial charge in [-0.05, 0) is 44.0 Å². The third-order valence-electron chi connectivity index (χ3n) is 4.40. The Morgan fingerprint density at radius 1 is 1.17 bits per heavy atom. The first kappa shape index (κ1) is 20.7. The fourth-order valence-electron chi connectivity index (χ4n) is 2.76. The molecule has 0 spiro atoms. The van der Waals surface area contributed by atoms with Crippen molar-refractivity contribution in [3.63, 3.8) is 0 Å². The SMILES string of the molecule is Cc1cccc(C)c1NC(=O)CNC(=O)[C@H](C)Sc1nnc(-c2ccco2)n1C. The molecule has 0 aliphatic rings. The summed E-state index contributed by atoms with van der Waals surface area (Å²) >= 11 is 1.26. The number of para-hydroxylation sites is 1. The van der Waals surface area contributed by atoms with Crippen molar-refractivity contribution in [3.05, 3.63) is 47.7 Å². The number of carbonyl (C=O) groups is 2. The molecular weight excluding hydrogens is 390 g/mol. The van der Waals surface area contributed by atoms with Crippen LogP contribution in [0.2, 0.25) is 0 Å². The van der Waals surface area contributed by atoms with Gasteiger partial charge in [-0.2, -0.15) is 0 Å². The van der Waals surface area contributed by atoms with Crippen LogP contribution in [0.5, 0.6) is 0 Å². The van der Waals surface area contributed by atoms with E-state index in [0.717, 1.165) is 16.8 Å². The van der Waals surface area contributed by atoms with Gasteiger partial charge in [0.15, 0.2) is 16.7 Å². The van der Waals surface area contributed by atoms with Crippen LogP contribution in [0.4, 0.5) is 5.69 Å². The topological polar surface area (TPSA) is 102 Å². The Kier molecular flexibility index (Phi) is 6.38. The number of aryl methyl sites for hydroxylation is 2. The predicted octanol–water partition coefficient (Wildman–Crippen LogP) is 2.93. The number of amides is 2. The highest BCUT2D eigenvalue weighted by molar-refractivity contribution is 8.00. The highest BCUT2D eigenvalue weighted by atomic mass is 32.2. The van der Waals surface area contributed by atoms with Crippen LogP contribution in [0.1, 0.15) is 18.1 Å². The molecule has 2 heterocycles. The number of furan rings is 1. The van der Waals surface area contributed by atoms with Gasteiger partial charge in [0, 0.05) is 12.7 Å². The molecule has 0 fully saturated rings. The van der Waals surface area contributed by atoms with Gasteiger partial charge in [0.1, 0.15) is 0 Å². The van der Waals surface area contributed by atoms with Crippen molar-refractivity contribution < 1.29 is 14.0 Å². The van der Waals surface area contributed by atoms with Crippen molar-refractivity contribution >= 4 is 29.3 Å². The highest BCUT2D eigenvalue weighted by Gasteiger charge is 2.20. The Morgan fingerprint density at radius 2 is 1.90 bits per heavy atom. The van der Waals surface area contributed by atoms with Gasteiger partial charge in [-0.15, -0.1) is 10.2 Å². The maximum Gasteiger partial charge on any atom is 0.243 e. The van der Waals surface area contributed by atoms with E-state index in [1.165, 1.54) is 11.8 Å². The van der Waals surface area contributed by atoms with Gasteiger partial charge < -0.3 is 19.6 Å². The lowest BCUT2D eigenvalue weighted by molar-refractivity contribution is -0.123. The summed E-state index contributed by atoms with van der Waals surface area (Å²) in [6.45, 7) is 5.51. The number of carbonyl (C=O) groups excluding carboxylic acids is 2. The van der Waals surface area contributed by atoms with E-state index in [1.807, 2.05) is 39.1 Å². The van der Waals surface area contributed by atoms with Gasteiger partial charge in [-0.3, -0.25) is 9.59 Å². The molecule has 9 heteroatoms. The molecule has 8 nitrogen and oxygen atoms in total. The number of benzene rings is 1. The average Bonchev–Trinajstić information content (AvgIpc) is 3.33. The van der Waals surface area contributed by atoms with Crippen LogP contribution in [-0.4, -0.2) is 38.4 Å². The molecule has 0 unspecified atom stereocenters. The van der Waals surface area contributed by atoms with Crippen molar-refractivity contribution in [2.75, 3.05) is 11.9 Å². The van der Waals surface area contributed by atoms with Crippen molar-refractivity contribution in [1.82, 2.24) is 20.1 Å². The second-order valence-electron chi connectivity index (χ2n) is 6.64. The second kappa shape index (κ2) is 8.95.